The van der Waals surface area contributed by atoms with E-state index in [9.17, 15) is 9.59 Å². The molecule has 0 rings (SSSR count). The Labute approximate surface area is 97.6 Å². The van der Waals surface area contributed by atoms with Crippen molar-refractivity contribution in [1.29, 1.82) is 0 Å². The average molecular weight is 229 g/mol. The van der Waals surface area contributed by atoms with E-state index in [1.54, 1.807) is 14.0 Å². The van der Waals surface area contributed by atoms with Gasteiger partial charge in [0.2, 0.25) is 5.91 Å². The first-order valence-corrected chi connectivity index (χ1v) is 5.72. The molecule has 0 saturated carbocycles. The van der Waals surface area contributed by atoms with Crippen LogP contribution in [-0.4, -0.2) is 35.5 Å². The molecular weight excluding hydrogens is 206 g/mol. The van der Waals surface area contributed by atoms with Crippen molar-refractivity contribution in [3.63, 3.8) is 0 Å². The summed E-state index contributed by atoms with van der Waals surface area (Å²) in [7, 11) is 1.66. The Morgan fingerprint density at radius 1 is 1.19 bits per heavy atom. The van der Waals surface area contributed by atoms with Crippen molar-refractivity contribution in [2.75, 3.05) is 13.6 Å². The van der Waals surface area contributed by atoms with E-state index >= 15 is 0 Å². The highest BCUT2D eigenvalue weighted by Gasteiger charge is 2.19. The minimum Gasteiger partial charge on any atom is -0.481 e. The second-order valence-electron chi connectivity index (χ2n) is 4.94. The quantitative estimate of drug-likeness (QED) is 0.756. The fourth-order valence-electron chi connectivity index (χ4n) is 1.26. The van der Waals surface area contributed by atoms with Crippen LogP contribution in [0.15, 0.2) is 0 Å². The van der Waals surface area contributed by atoms with Crippen LogP contribution in [0.5, 0.6) is 0 Å². The molecule has 0 aromatic carbocycles. The molecule has 0 aromatic heterocycles. The zero-order valence-corrected chi connectivity index (χ0v) is 10.9. The number of carboxylic acid groups (broad SMARTS) is 1. The number of nitrogens with zero attached hydrogens (tertiary/aromatic N) is 1. The highest BCUT2D eigenvalue weighted by Crippen LogP contribution is 2.15. The molecule has 2 atom stereocenters. The summed E-state index contributed by atoms with van der Waals surface area (Å²) >= 11 is 0. The second-order valence-corrected chi connectivity index (χ2v) is 4.94. The van der Waals surface area contributed by atoms with Gasteiger partial charge in [-0.25, -0.2) is 0 Å². The molecule has 0 heterocycles. The van der Waals surface area contributed by atoms with E-state index in [4.69, 9.17) is 5.11 Å². The molecule has 0 aliphatic carbocycles. The summed E-state index contributed by atoms with van der Waals surface area (Å²) in [6.45, 7) is 8.09. The largest absolute Gasteiger partial charge is 0.481 e. The maximum absolute atomic E-state index is 11.7. The maximum atomic E-state index is 11.7. The summed E-state index contributed by atoms with van der Waals surface area (Å²) in [4.78, 5) is 23.9. The monoisotopic (exact) mass is 229 g/mol. The minimum atomic E-state index is -0.864. The molecule has 4 heteroatoms. The number of carboxylic acids is 1. The van der Waals surface area contributed by atoms with E-state index in [1.165, 1.54) is 4.90 Å². The van der Waals surface area contributed by atoms with Gasteiger partial charge in [0.25, 0.3) is 0 Å². The van der Waals surface area contributed by atoms with Gasteiger partial charge in [-0.1, -0.05) is 27.7 Å². The maximum Gasteiger partial charge on any atom is 0.308 e. The van der Waals surface area contributed by atoms with Crippen LogP contribution in [0, 0.1) is 17.8 Å². The number of carbonyl (C=O) groups excluding carboxylic acids is 1. The van der Waals surface area contributed by atoms with Gasteiger partial charge in [-0.05, 0) is 11.8 Å². The molecule has 0 spiro atoms. The summed E-state index contributed by atoms with van der Waals surface area (Å²) < 4.78 is 0. The lowest BCUT2D eigenvalue weighted by atomic mass is 9.94. The molecule has 0 fully saturated rings. The fraction of sp³-hybridized carbons (Fsp3) is 0.833. The third-order valence-electron chi connectivity index (χ3n) is 3.03. The summed E-state index contributed by atoms with van der Waals surface area (Å²) in [5.74, 6) is -0.557. The van der Waals surface area contributed by atoms with Crippen LogP contribution < -0.4 is 0 Å². The summed E-state index contributed by atoms with van der Waals surface area (Å²) in [5, 5.41) is 8.74. The molecule has 1 amide bonds. The molecule has 0 bridgehead atoms. The Morgan fingerprint density at radius 3 is 2.06 bits per heavy atom. The number of aliphatic carboxylic acids is 1. The van der Waals surface area contributed by atoms with Gasteiger partial charge in [0, 0.05) is 20.0 Å². The molecule has 0 saturated heterocycles. The normalized spacial score (nSPS) is 14.6. The Morgan fingerprint density at radius 2 is 1.69 bits per heavy atom. The van der Waals surface area contributed by atoms with Crippen LogP contribution in [0.3, 0.4) is 0 Å². The van der Waals surface area contributed by atoms with E-state index < -0.39 is 11.9 Å². The Hall–Kier alpha value is -1.06. The second kappa shape index (κ2) is 6.51. The van der Waals surface area contributed by atoms with Gasteiger partial charge in [-0.2, -0.15) is 0 Å². The Balaban J connectivity index is 4.14. The van der Waals surface area contributed by atoms with Crippen LogP contribution in [0.1, 0.15) is 34.1 Å². The molecule has 0 radical (unpaired) electrons. The third-order valence-corrected chi connectivity index (χ3v) is 3.03. The average Bonchev–Trinajstić information content (AvgIpc) is 2.16. The van der Waals surface area contributed by atoms with Gasteiger partial charge in [0.15, 0.2) is 0 Å². The van der Waals surface area contributed by atoms with E-state index in [1.807, 2.05) is 6.92 Å². The van der Waals surface area contributed by atoms with Crippen LogP contribution in [0.2, 0.25) is 0 Å². The number of hydrogen-bond acceptors (Lipinski definition) is 2. The third kappa shape index (κ3) is 5.14. The highest BCUT2D eigenvalue weighted by molar-refractivity contribution is 5.77. The van der Waals surface area contributed by atoms with E-state index in [0.29, 0.717) is 18.3 Å². The van der Waals surface area contributed by atoms with Gasteiger partial charge in [-0.3, -0.25) is 9.59 Å². The minimum absolute atomic E-state index is 0.0225. The lowest BCUT2D eigenvalue weighted by Crippen LogP contribution is -2.34. The van der Waals surface area contributed by atoms with Gasteiger partial charge >= 0.3 is 5.97 Å². The first-order valence-electron chi connectivity index (χ1n) is 5.72. The number of rotatable bonds is 6. The van der Waals surface area contributed by atoms with Gasteiger partial charge in [0.05, 0.1) is 5.92 Å². The van der Waals surface area contributed by atoms with Crippen molar-refractivity contribution in [1.82, 2.24) is 4.90 Å². The smallest absolute Gasteiger partial charge is 0.308 e. The molecule has 0 aliphatic rings. The van der Waals surface area contributed by atoms with Gasteiger partial charge < -0.3 is 10.0 Å². The van der Waals surface area contributed by atoms with Gasteiger partial charge in [0.1, 0.15) is 0 Å². The molecule has 94 valence electrons. The van der Waals surface area contributed by atoms with Crippen LogP contribution in [0.25, 0.3) is 0 Å². The topological polar surface area (TPSA) is 57.6 Å². The van der Waals surface area contributed by atoms with Crippen molar-refractivity contribution >= 4 is 11.9 Å². The van der Waals surface area contributed by atoms with Crippen molar-refractivity contribution in [3.8, 4) is 0 Å². The van der Waals surface area contributed by atoms with Crippen molar-refractivity contribution in [2.45, 2.75) is 34.1 Å². The SMILES string of the molecule is CC(CN(C)C(=O)CC(C)C(C)C)C(=O)O. The zero-order chi connectivity index (χ0) is 12.9. The lowest BCUT2D eigenvalue weighted by molar-refractivity contribution is -0.142. The molecule has 0 aromatic rings. The Bertz CT molecular complexity index is 251. The molecule has 1 N–H and O–H groups in total. The molecule has 16 heavy (non-hydrogen) atoms. The molecule has 0 aliphatic heterocycles. The number of hydrogen-bond donors (Lipinski definition) is 1. The molecular formula is C12H23NO3. The highest BCUT2D eigenvalue weighted by atomic mass is 16.4. The van der Waals surface area contributed by atoms with E-state index in [0.717, 1.165) is 0 Å². The predicted molar refractivity (Wildman–Crippen MR) is 63.1 cm³/mol. The molecule has 4 nitrogen and oxygen atoms in total. The van der Waals surface area contributed by atoms with Crippen LogP contribution >= 0.6 is 0 Å². The fourth-order valence-corrected chi connectivity index (χ4v) is 1.26. The lowest BCUT2D eigenvalue weighted by Gasteiger charge is -2.22. The van der Waals surface area contributed by atoms with Crippen molar-refractivity contribution in [3.05, 3.63) is 0 Å². The number of amides is 1. The first kappa shape index (κ1) is 14.9. The van der Waals surface area contributed by atoms with E-state index in [-0.39, 0.29) is 12.5 Å². The standard InChI is InChI=1S/C12H23NO3/c1-8(2)9(3)6-11(14)13(5)7-10(4)12(15)16/h8-10H,6-7H2,1-5H3,(H,15,16). The van der Waals surface area contributed by atoms with E-state index in [2.05, 4.69) is 13.8 Å². The van der Waals surface area contributed by atoms with Crippen LogP contribution in [-0.2, 0) is 9.59 Å². The molecule has 2 unspecified atom stereocenters. The number of carbonyl (C=O) groups is 2. The zero-order valence-electron chi connectivity index (χ0n) is 10.9. The predicted octanol–water partition coefficient (Wildman–Crippen LogP) is 1.85. The summed E-state index contributed by atoms with van der Waals surface area (Å²) in [6.07, 6.45) is 0.487. The van der Waals surface area contributed by atoms with Gasteiger partial charge in [-0.15, -0.1) is 0 Å². The van der Waals surface area contributed by atoms with Crippen molar-refractivity contribution in [2.24, 2.45) is 17.8 Å². The summed E-state index contributed by atoms with van der Waals surface area (Å²) in [6, 6.07) is 0. The summed E-state index contributed by atoms with van der Waals surface area (Å²) in [5.41, 5.74) is 0. The van der Waals surface area contributed by atoms with Crippen molar-refractivity contribution < 1.29 is 14.7 Å². The van der Waals surface area contributed by atoms with Crippen LogP contribution in [0.4, 0.5) is 0 Å². The first-order chi connectivity index (χ1) is 7.25. The Kier molecular flexibility index (Phi) is 6.08.